The second-order valence-corrected chi connectivity index (χ2v) is 8.42. The molecule has 0 heterocycles. The second-order valence-electron chi connectivity index (χ2n) is 8.42. The van der Waals surface area contributed by atoms with E-state index in [-0.39, 0.29) is 43.9 Å². The highest BCUT2D eigenvalue weighted by Crippen LogP contribution is 2.44. The van der Waals surface area contributed by atoms with Crippen LogP contribution in [0.25, 0.3) is 11.1 Å². The summed E-state index contributed by atoms with van der Waals surface area (Å²) in [6.07, 6.45) is 0.0890. The molecule has 0 radical (unpaired) electrons. The Hall–Kier alpha value is -3.39. The summed E-state index contributed by atoms with van der Waals surface area (Å²) in [4.78, 5) is 35.8. The SMILES string of the molecule is CCC[C@H](CC(=O)NCC(CC(=O)O)OC)NC(=O)OCC1c2ccccc2-c2ccccc21. The van der Waals surface area contributed by atoms with Crippen LogP contribution >= 0.6 is 0 Å². The number of carboxylic acid groups (broad SMARTS) is 1. The Morgan fingerprint density at radius 1 is 1.00 bits per heavy atom. The Kier molecular flexibility index (Phi) is 9.04. The maximum atomic E-state index is 12.6. The average molecular weight is 469 g/mol. The summed E-state index contributed by atoms with van der Waals surface area (Å²) in [5, 5.41) is 14.4. The molecule has 0 fully saturated rings. The van der Waals surface area contributed by atoms with Gasteiger partial charge in [-0.25, -0.2) is 4.79 Å². The van der Waals surface area contributed by atoms with Crippen LogP contribution in [0.5, 0.6) is 0 Å². The molecule has 8 heteroatoms. The zero-order chi connectivity index (χ0) is 24.5. The maximum absolute atomic E-state index is 12.6. The van der Waals surface area contributed by atoms with E-state index in [4.69, 9.17) is 14.6 Å². The smallest absolute Gasteiger partial charge is 0.407 e. The minimum atomic E-state index is -0.998. The highest BCUT2D eigenvalue weighted by Gasteiger charge is 2.29. The Labute approximate surface area is 199 Å². The number of rotatable bonds is 12. The fourth-order valence-corrected chi connectivity index (χ4v) is 4.34. The van der Waals surface area contributed by atoms with Crippen LogP contribution in [0.15, 0.2) is 48.5 Å². The molecule has 3 rings (SSSR count). The van der Waals surface area contributed by atoms with Crippen LogP contribution < -0.4 is 10.6 Å². The largest absolute Gasteiger partial charge is 0.481 e. The zero-order valence-corrected chi connectivity index (χ0v) is 19.6. The Morgan fingerprint density at radius 3 is 2.18 bits per heavy atom. The fraction of sp³-hybridized carbons (Fsp3) is 0.423. The van der Waals surface area contributed by atoms with Gasteiger partial charge in [0.25, 0.3) is 0 Å². The number of amides is 2. The lowest BCUT2D eigenvalue weighted by Gasteiger charge is -2.20. The lowest BCUT2D eigenvalue weighted by atomic mass is 9.98. The van der Waals surface area contributed by atoms with Crippen LogP contribution in [0.3, 0.4) is 0 Å². The highest BCUT2D eigenvalue weighted by molar-refractivity contribution is 5.79. The minimum absolute atomic E-state index is 0.0358. The fourth-order valence-electron chi connectivity index (χ4n) is 4.34. The Balaban J connectivity index is 1.53. The number of hydrogen-bond donors (Lipinski definition) is 3. The van der Waals surface area contributed by atoms with Crippen molar-refractivity contribution >= 4 is 18.0 Å². The number of methoxy groups -OCH3 is 1. The zero-order valence-electron chi connectivity index (χ0n) is 19.6. The van der Waals surface area contributed by atoms with Crippen LogP contribution in [0.1, 0.15) is 49.7 Å². The van der Waals surface area contributed by atoms with Crippen LogP contribution in [-0.2, 0) is 19.1 Å². The summed E-state index contributed by atoms with van der Waals surface area (Å²) in [7, 11) is 1.40. The molecule has 1 aliphatic carbocycles. The molecule has 2 aromatic carbocycles. The van der Waals surface area contributed by atoms with Crippen molar-refractivity contribution in [2.45, 2.75) is 50.7 Å². The average Bonchev–Trinajstić information content (AvgIpc) is 3.14. The molecule has 8 nitrogen and oxygen atoms in total. The molecule has 0 bridgehead atoms. The van der Waals surface area contributed by atoms with Gasteiger partial charge in [-0.2, -0.15) is 0 Å². The van der Waals surface area contributed by atoms with E-state index in [1.54, 1.807) is 0 Å². The van der Waals surface area contributed by atoms with Gasteiger partial charge in [-0.15, -0.1) is 0 Å². The van der Waals surface area contributed by atoms with Crippen molar-refractivity contribution in [2.24, 2.45) is 0 Å². The first-order valence-electron chi connectivity index (χ1n) is 11.6. The molecule has 1 unspecified atom stereocenters. The number of benzene rings is 2. The number of nitrogens with one attached hydrogen (secondary N) is 2. The van der Waals surface area contributed by atoms with E-state index >= 15 is 0 Å². The van der Waals surface area contributed by atoms with E-state index in [2.05, 4.69) is 34.9 Å². The number of fused-ring (bicyclic) bond motifs is 3. The molecular formula is C26H32N2O6. The third-order valence-electron chi connectivity index (χ3n) is 6.00. The van der Waals surface area contributed by atoms with Crippen molar-refractivity contribution in [3.63, 3.8) is 0 Å². The van der Waals surface area contributed by atoms with Gasteiger partial charge in [0, 0.05) is 32.0 Å². The number of alkyl carbamates (subject to hydrolysis) is 1. The van der Waals surface area contributed by atoms with E-state index in [1.165, 1.54) is 7.11 Å². The summed E-state index contributed by atoms with van der Waals surface area (Å²) in [5.74, 6) is -1.32. The third-order valence-corrected chi connectivity index (χ3v) is 6.00. The van der Waals surface area contributed by atoms with E-state index in [1.807, 2.05) is 31.2 Å². The van der Waals surface area contributed by atoms with Crippen LogP contribution in [-0.4, -0.2) is 55.5 Å². The van der Waals surface area contributed by atoms with Gasteiger partial charge < -0.3 is 25.2 Å². The first kappa shape index (κ1) is 25.2. The van der Waals surface area contributed by atoms with Crippen molar-refractivity contribution < 1.29 is 29.0 Å². The summed E-state index contributed by atoms with van der Waals surface area (Å²) in [6, 6.07) is 15.9. The van der Waals surface area contributed by atoms with E-state index in [9.17, 15) is 14.4 Å². The topological polar surface area (TPSA) is 114 Å². The van der Waals surface area contributed by atoms with Crippen molar-refractivity contribution in [1.82, 2.24) is 10.6 Å². The van der Waals surface area contributed by atoms with Crippen LogP contribution in [0.2, 0.25) is 0 Å². The van der Waals surface area contributed by atoms with Gasteiger partial charge in [0.05, 0.1) is 12.5 Å². The van der Waals surface area contributed by atoms with Gasteiger partial charge >= 0.3 is 12.1 Å². The standard InChI is InChI=1S/C26H32N2O6/c1-3-8-17(13-24(29)27-15-18(33-2)14-25(30)31)28-26(32)34-16-23-21-11-6-4-9-19(21)20-10-5-7-12-22(20)23/h4-7,9-12,17-18,23H,3,8,13-16H2,1-2H3,(H,27,29)(H,28,32)(H,30,31)/t17-,18?/m1/s1. The molecule has 0 spiro atoms. The molecule has 0 saturated heterocycles. The first-order chi connectivity index (χ1) is 16.4. The molecule has 182 valence electrons. The third kappa shape index (κ3) is 6.57. The van der Waals surface area contributed by atoms with Crippen molar-refractivity contribution in [3.8, 4) is 11.1 Å². The van der Waals surface area contributed by atoms with Gasteiger partial charge in [-0.3, -0.25) is 9.59 Å². The van der Waals surface area contributed by atoms with E-state index in [0.717, 1.165) is 28.7 Å². The molecular weight excluding hydrogens is 436 g/mol. The molecule has 1 aliphatic rings. The number of carbonyl (C=O) groups excluding carboxylic acids is 2. The summed E-state index contributed by atoms with van der Waals surface area (Å²) in [5.41, 5.74) is 4.58. The molecule has 0 aromatic heterocycles. The summed E-state index contributed by atoms with van der Waals surface area (Å²) < 4.78 is 10.7. The first-order valence-corrected chi connectivity index (χ1v) is 11.6. The van der Waals surface area contributed by atoms with Gasteiger partial charge in [0.1, 0.15) is 6.61 Å². The van der Waals surface area contributed by atoms with E-state index < -0.39 is 18.2 Å². The highest BCUT2D eigenvalue weighted by atomic mass is 16.5. The number of ether oxygens (including phenoxy) is 2. The minimum Gasteiger partial charge on any atom is -0.481 e. The van der Waals surface area contributed by atoms with Gasteiger partial charge in [-0.1, -0.05) is 61.9 Å². The molecule has 3 N–H and O–H groups in total. The monoisotopic (exact) mass is 468 g/mol. The van der Waals surface area contributed by atoms with Crippen molar-refractivity contribution in [2.75, 3.05) is 20.3 Å². The Morgan fingerprint density at radius 2 is 1.62 bits per heavy atom. The van der Waals surface area contributed by atoms with Crippen LogP contribution in [0, 0.1) is 0 Å². The molecule has 2 atom stereocenters. The normalized spacial score (nSPS) is 13.9. The van der Waals surface area contributed by atoms with Gasteiger partial charge in [0.2, 0.25) is 5.91 Å². The summed E-state index contributed by atoms with van der Waals surface area (Å²) >= 11 is 0. The molecule has 0 aliphatic heterocycles. The Bertz CT molecular complexity index is 963. The van der Waals surface area contributed by atoms with Gasteiger partial charge in [-0.05, 0) is 28.7 Å². The lowest BCUT2D eigenvalue weighted by Crippen LogP contribution is -2.41. The predicted molar refractivity (Wildman–Crippen MR) is 128 cm³/mol. The molecule has 2 aromatic rings. The second kappa shape index (κ2) is 12.2. The number of hydrogen-bond acceptors (Lipinski definition) is 5. The van der Waals surface area contributed by atoms with Gasteiger partial charge in [0.15, 0.2) is 0 Å². The summed E-state index contributed by atoms with van der Waals surface area (Å²) in [6.45, 7) is 2.26. The molecule has 34 heavy (non-hydrogen) atoms. The molecule has 2 amide bonds. The van der Waals surface area contributed by atoms with E-state index in [0.29, 0.717) is 6.42 Å². The predicted octanol–water partition coefficient (Wildman–Crippen LogP) is 3.69. The molecule has 0 saturated carbocycles. The number of carboxylic acids is 1. The number of carbonyl (C=O) groups is 3. The quantitative estimate of drug-likeness (QED) is 0.438. The maximum Gasteiger partial charge on any atom is 0.407 e. The van der Waals surface area contributed by atoms with Crippen molar-refractivity contribution in [3.05, 3.63) is 59.7 Å². The lowest BCUT2D eigenvalue weighted by molar-refractivity contribution is -0.140. The number of aliphatic carboxylic acids is 1. The van der Waals surface area contributed by atoms with Crippen molar-refractivity contribution in [1.29, 1.82) is 0 Å². The van der Waals surface area contributed by atoms with Crippen LogP contribution in [0.4, 0.5) is 4.79 Å².